The molecule has 1 aromatic rings. The van der Waals surface area contributed by atoms with Gasteiger partial charge in [-0.05, 0) is 38.9 Å². The summed E-state index contributed by atoms with van der Waals surface area (Å²) >= 11 is 0. The molecule has 0 spiro atoms. The van der Waals surface area contributed by atoms with Crippen molar-refractivity contribution in [1.82, 2.24) is 14.5 Å². The van der Waals surface area contributed by atoms with Crippen LogP contribution in [0.2, 0.25) is 0 Å². The molecule has 1 saturated heterocycles. The van der Waals surface area contributed by atoms with Crippen molar-refractivity contribution in [2.24, 2.45) is 0 Å². The molecule has 100 valence electrons. The molecule has 1 aliphatic rings. The number of nitrogens with two attached hydrogens (primary N) is 1. The second-order valence-electron chi connectivity index (χ2n) is 4.57. The molecule has 0 aliphatic carbocycles. The first-order valence-electron chi connectivity index (χ1n) is 6.33. The van der Waals surface area contributed by atoms with Gasteiger partial charge >= 0.3 is 5.97 Å². The number of hydrogen-bond donors (Lipinski definition) is 1. The molecule has 0 radical (unpaired) electrons. The molecule has 0 bridgehead atoms. The predicted octanol–water partition coefficient (Wildman–Crippen LogP) is 0.738. The van der Waals surface area contributed by atoms with Crippen molar-refractivity contribution < 1.29 is 9.53 Å². The average molecular weight is 252 g/mol. The molecule has 1 aliphatic heterocycles. The van der Waals surface area contributed by atoms with Crippen LogP contribution in [0, 0.1) is 0 Å². The van der Waals surface area contributed by atoms with Crippen molar-refractivity contribution in [3.05, 3.63) is 12.0 Å². The van der Waals surface area contributed by atoms with Gasteiger partial charge in [0.25, 0.3) is 0 Å². The fourth-order valence-electron chi connectivity index (χ4n) is 2.29. The van der Waals surface area contributed by atoms with Crippen molar-refractivity contribution in [1.29, 1.82) is 0 Å². The van der Waals surface area contributed by atoms with Gasteiger partial charge in [0.05, 0.1) is 13.4 Å². The number of imidazole rings is 1. The molecule has 1 fully saturated rings. The third kappa shape index (κ3) is 2.81. The molecule has 6 heteroatoms. The lowest BCUT2D eigenvalue weighted by molar-refractivity contribution is 0.0596. The lowest BCUT2D eigenvalue weighted by Gasteiger charge is -2.14. The lowest BCUT2D eigenvalue weighted by Crippen LogP contribution is -2.21. The molecule has 1 aromatic heterocycles. The van der Waals surface area contributed by atoms with Crippen LogP contribution in [0.25, 0.3) is 0 Å². The quantitative estimate of drug-likeness (QED) is 0.782. The number of anilines is 1. The van der Waals surface area contributed by atoms with Gasteiger partial charge in [-0.3, -0.25) is 0 Å². The van der Waals surface area contributed by atoms with E-state index in [0.717, 1.165) is 19.5 Å². The third-order valence-electron chi connectivity index (χ3n) is 3.33. The van der Waals surface area contributed by atoms with Gasteiger partial charge in [0, 0.05) is 6.54 Å². The number of aryl methyl sites for hydroxylation is 1. The van der Waals surface area contributed by atoms with Crippen LogP contribution in [0.4, 0.5) is 5.82 Å². The molecular weight excluding hydrogens is 232 g/mol. The van der Waals surface area contributed by atoms with E-state index < -0.39 is 5.97 Å². The second kappa shape index (κ2) is 5.86. The maximum atomic E-state index is 11.3. The number of rotatable bonds is 5. The number of esters is 1. The molecule has 2 rings (SSSR count). The Bertz CT molecular complexity index is 410. The molecular formula is C12H20N4O2. The van der Waals surface area contributed by atoms with Crippen LogP contribution in [0.1, 0.15) is 29.8 Å². The summed E-state index contributed by atoms with van der Waals surface area (Å²) in [4.78, 5) is 17.8. The van der Waals surface area contributed by atoms with Crippen LogP contribution in [0.3, 0.4) is 0 Å². The third-order valence-corrected chi connectivity index (χ3v) is 3.33. The van der Waals surface area contributed by atoms with E-state index in [2.05, 4.69) is 14.6 Å². The van der Waals surface area contributed by atoms with Crippen LogP contribution in [0.5, 0.6) is 0 Å². The molecule has 0 atom stereocenters. The highest BCUT2D eigenvalue weighted by Gasteiger charge is 2.16. The number of hydrogen-bond acceptors (Lipinski definition) is 5. The maximum Gasteiger partial charge on any atom is 0.360 e. The van der Waals surface area contributed by atoms with E-state index in [-0.39, 0.29) is 5.69 Å². The summed E-state index contributed by atoms with van der Waals surface area (Å²) < 4.78 is 6.42. The number of carbonyl (C=O) groups is 1. The minimum Gasteiger partial charge on any atom is -0.464 e. The predicted molar refractivity (Wildman–Crippen MR) is 68.3 cm³/mol. The first-order chi connectivity index (χ1) is 8.72. The van der Waals surface area contributed by atoms with Gasteiger partial charge in [-0.2, -0.15) is 0 Å². The SMILES string of the molecule is COC(=O)c1ncn(CCCN2CCCC2)c1N. The lowest BCUT2D eigenvalue weighted by atomic mass is 10.3. The fraction of sp³-hybridized carbons (Fsp3) is 0.667. The highest BCUT2D eigenvalue weighted by atomic mass is 16.5. The Kier molecular flexibility index (Phi) is 4.19. The minimum atomic E-state index is -0.481. The van der Waals surface area contributed by atoms with Crippen LogP contribution in [-0.4, -0.2) is 47.2 Å². The number of carbonyl (C=O) groups excluding carboxylic acids is 1. The van der Waals surface area contributed by atoms with E-state index in [1.165, 1.54) is 33.0 Å². The molecule has 6 nitrogen and oxygen atoms in total. The Labute approximate surface area is 107 Å². The monoisotopic (exact) mass is 252 g/mol. The summed E-state index contributed by atoms with van der Waals surface area (Å²) in [6.45, 7) is 4.26. The second-order valence-corrected chi connectivity index (χ2v) is 4.57. The summed E-state index contributed by atoms with van der Waals surface area (Å²) in [5.41, 5.74) is 6.07. The Balaban J connectivity index is 1.85. The van der Waals surface area contributed by atoms with Crippen LogP contribution in [-0.2, 0) is 11.3 Å². The van der Waals surface area contributed by atoms with Crippen molar-refractivity contribution in [3.63, 3.8) is 0 Å². The number of nitrogen functional groups attached to an aromatic ring is 1. The van der Waals surface area contributed by atoms with Crippen molar-refractivity contribution in [3.8, 4) is 0 Å². The van der Waals surface area contributed by atoms with E-state index in [4.69, 9.17) is 5.73 Å². The van der Waals surface area contributed by atoms with Gasteiger partial charge in [-0.1, -0.05) is 0 Å². The summed E-state index contributed by atoms with van der Waals surface area (Å²) in [5.74, 6) is -0.0888. The zero-order valence-corrected chi connectivity index (χ0v) is 10.8. The number of ether oxygens (including phenoxy) is 1. The van der Waals surface area contributed by atoms with E-state index in [1.807, 2.05) is 4.57 Å². The summed E-state index contributed by atoms with van der Waals surface area (Å²) in [6.07, 6.45) is 5.23. The summed E-state index contributed by atoms with van der Waals surface area (Å²) in [7, 11) is 1.33. The smallest absolute Gasteiger partial charge is 0.360 e. The van der Waals surface area contributed by atoms with E-state index in [9.17, 15) is 4.79 Å². The van der Waals surface area contributed by atoms with Gasteiger partial charge < -0.3 is 19.9 Å². The Morgan fingerprint density at radius 1 is 1.44 bits per heavy atom. The van der Waals surface area contributed by atoms with Crippen molar-refractivity contribution >= 4 is 11.8 Å². The first-order valence-corrected chi connectivity index (χ1v) is 6.33. The molecule has 0 amide bonds. The van der Waals surface area contributed by atoms with Crippen molar-refractivity contribution in [2.45, 2.75) is 25.8 Å². The van der Waals surface area contributed by atoms with Crippen LogP contribution < -0.4 is 5.73 Å². The van der Waals surface area contributed by atoms with Gasteiger partial charge in [0.15, 0.2) is 5.69 Å². The molecule has 0 aromatic carbocycles. The largest absolute Gasteiger partial charge is 0.464 e. The molecule has 0 unspecified atom stereocenters. The maximum absolute atomic E-state index is 11.3. The van der Waals surface area contributed by atoms with E-state index in [0.29, 0.717) is 5.82 Å². The van der Waals surface area contributed by atoms with Gasteiger partial charge in [0.1, 0.15) is 5.82 Å². The number of nitrogens with zero attached hydrogens (tertiary/aromatic N) is 3. The summed E-state index contributed by atoms with van der Waals surface area (Å²) in [6, 6.07) is 0. The Hall–Kier alpha value is -1.56. The summed E-state index contributed by atoms with van der Waals surface area (Å²) in [5, 5.41) is 0. The number of aromatic nitrogens is 2. The average Bonchev–Trinajstić information content (AvgIpc) is 3.00. The van der Waals surface area contributed by atoms with Gasteiger partial charge in [-0.25, -0.2) is 9.78 Å². The first kappa shape index (κ1) is 12.9. The van der Waals surface area contributed by atoms with Gasteiger partial charge in [0.2, 0.25) is 0 Å². The van der Waals surface area contributed by atoms with Crippen LogP contribution in [0.15, 0.2) is 6.33 Å². The Morgan fingerprint density at radius 2 is 2.17 bits per heavy atom. The Morgan fingerprint density at radius 3 is 2.83 bits per heavy atom. The minimum absolute atomic E-state index is 0.207. The topological polar surface area (TPSA) is 73.4 Å². The number of methoxy groups -OCH3 is 1. The zero-order chi connectivity index (χ0) is 13.0. The van der Waals surface area contributed by atoms with E-state index in [1.54, 1.807) is 6.33 Å². The normalized spacial score (nSPS) is 16.1. The van der Waals surface area contributed by atoms with Crippen molar-refractivity contribution in [2.75, 3.05) is 32.5 Å². The standard InChI is InChI=1S/C12H20N4O2/c1-18-12(17)10-11(13)16(9-14-10)8-4-7-15-5-2-3-6-15/h9H,2-8,13H2,1H3. The van der Waals surface area contributed by atoms with Crippen LogP contribution >= 0.6 is 0 Å². The molecule has 2 heterocycles. The number of likely N-dealkylation sites (tertiary alicyclic amines) is 1. The zero-order valence-electron chi connectivity index (χ0n) is 10.8. The van der Waals surface area contributed by atoms with E-state index >= 15 is 0 Å². The highest BCUT2D eigenvalue weighted by Crippen LogP contribution is 2.13. The molecule has 0 saturated carbocycles. The highest BCUT2D eigenvalue weighted by molar-refractivity contribution is 5.91. The molecule has 18 heavy (non-hydrogen) atoms. The van der Waals surface area contributed by atoms with Gasteiger partial charge in [-0.15, -0.1) is 0 Å². The molecule has 2 N–H and O–H groups in total. The fourth-order valence-corrected chi connectivity index (χ4v) is 2.29.